The monoisotopic (exact) mass is 532 g/mol. The number of ether oxygens (including phenoxy) is 2. The Hall–Kier alpha value is -4.11. The number of rotatable bonds is 11. The zero-order valence-electron chi connectivity index (χ0n) is 24.3. The predicted octanol–water partition coefficient (Wildman–Crippen LogP) is 9.05. The standard InChI is InChI=1S/C37H40O3/c1-26(2)36(38)40-37(6,29(5)32-20-14-9-15-21-32)25-39-35-23-22-33(27(3)30-16-10-7-11-17-30)24-34(35)28(4)31-18-12-8-13-19-31/h7-24,27-29H,1,25H2,2-6H3. The molecule has 0 spiro atoms. The van der Waals surface area contributed by atoms with Crippen LogP contribution in [0.1, 0.15) is 80.2 Å². The van der Waals surface area contributed by atoms with Gasteiger partial charge in [0.1, 0.15) is 18.0 Å². The quantitative estimate of drug-likeness (QED) is 0.143. The molecule has 0 radical (unpaired) electrons. The summed E-state index contributed by atoms with van der Waals surface area (Å²) in [5, 5.41) is 0. The van der Waals surface area contributed by atoms with E-state index in [0.717, 1.165) is 16.9 Å². The minimum Gasteiger partial charge on any atom is -0.489 e. The molecule has 4 aromatic rings. The lowest BCUT2D eigenvalue weighted by molar-refractivity contribution is -0.158. The van der Waals surface area contributed by atoms with Crippen molar-refractivity contribution in [3.05, 3.63) is 149 Å². The van der Waals surface area contributed by atoms with E-state index in [0.29, 0.717) is 5.57 Å². The molecule has 0 aliphatic carbocycles. The average Bonchev–Trinajstić information content (AvgIpc) is 3.00. The molecule has 0 amide bonds. The van der Waals surface area contributed by atoms with Crippen LogP contribution in [-0.4, -0.2) is 18.2 Å². The summed E-state index contributed by atoms with van der Waals surface area (Å²) in [5.41, 5.74) is 5.34. The van der Waals surface area contributed by atoms with Crippen LogP contribution >= 0.6 is 0 Å². The average molecular weight is 533 g/mol. The van der Waals surface area contributed by atoms with Crippen LogP contribution in [0, 0.1) is 0 Å². The van der Waals surface area contributed by atoms with Gasteiger partial charge in [-0.05, 0) is 42.2 Å². The van der Waals surface area contributed by atoms with Gasteiger partial charge in [0.05, 0.1) is 0 Å². The van der Waals surface area contributed by atoms with Gasteiger partial charge in [-0.25, -0.2) is 4.79 Å². The zero-order chi connectivity index (χ0) is 28.7. The Morgan fingerprint density at radius 2 is 1.23 bits per heavy atom. The third kappa shape index (κ3) is 6.71. The van der Waals surface area contributed by atoms with E-state index in [-0.39, 0.29) is 24.4 Å². The van der Waals surface area contributed by atoms with Gasteiger partial charge < -0.3 is 9.47 Å². The SMILES string of the molecule is C=C(C)C(=O)OC(C)(COc1ccc(C(C)c2ccccc2)cc1C(C)c1ccccc1)C(C)c1ccccc1. The van der Waals surface area contributed by atoms with E-state index < -0.39 is 11.6 Å². The zero-order valence-corrected chi connectivity index (χ0v) is 24.3. The summed E-state index contributed by atoms with van der Waals surface area (Å²) >= 11 is 0. The molecular formula is C37H40O3. The van der Waals surface area contributed by atoms with Crippen LogP contribution in [0.4, 0.5) is 0 Å². The maximum atomic E-state index is 12.7. The third-order valence-electron chi connectivity index (χ3n) is 8.00. The maximum absolute atomic E-state index is 12.7. The Morgan fingerprint density at radius 1 is 0.725 bits per heavy atom. The summed E-state index contributed by atoms with van der Waals surface area (Å²) in [5.74, 6) is 0.605. The minimum atomic E-state index is -0.916. The number of benzene rings is 4. The molecule has 40 heavy (non-hydrogen) atoms. The number of carbonyl (C=O) groups is 1. The molecule has 0 heterocycles. The van der Waals surface area contributed by atoms with Crippen LogP contribution < -0.4 is 4.74 Å². The van der Waals surface area contributed by atoms with Crippen molar-refractivity contribution in [2.45, 2.75) is 58.0 Å². The Bertz CT molecular complexity index is 1410. The first-order valence-electron chi connectivity index (χ1n) is 14.0. The fourth-order valence-electron chi connectivity index (χ4n) is 5.02. The van der Waals surface area contributed by atoms with Gasteiger partial charge >= 0.3 is 5.97 Å². The van der Waals surface area contributed by atoms with Gasteiger partial charge in [0.2, 0.25) is 0 Å². The van der Waals surface area contributed by atoms with E-state index in [2.05, 4.69) is 106 Å². The number of hydrogen-bond donors (Lipinski definition) is 0. The Labute approximate surface area is 239 Å². The highest BCUT2D eigenvalue weighted by atomic mass is 16.6. The van der Waals surface area contributed by atoms with Crippen LogP contribution in [0.25, 0.3) is 0 Å². The molecular weight excluding hydrogens is 492 g/mol. The van der Waals surface area contributed by atoms with E-state index in [9.17, 15) is 4.79 Å². The lowest BCUT2D eigenvalue weighted by Crippen LogP contribution is -2.43. The summed E-state index contributed by atoms with van der Waals surface area (Å²) in [7, 11) is 0. The molecule has 3 nitrogen and oxygen atoms in total. The molecule has 0 bridgehead atoms. The van der Waals surface area contributed by atoms with E-state index in [1.54, 1.807) is 6.92 Å². The molecule has 0 N–H and O–H groups in total. The van der Waals surface area contributed by atoms with Crippen LogP contribution in [-0.2, 0) is 9.53 Å². The largest absolute Gasteiger partial charge is 0.489 e. The van der Waals surface area contributed by atoms with E-state index in [1.807, 2.05) is 37.3 Å². The van der Waals surface area contributed by atoms with Gasteiger partial charge in [0.15, 0.2) is 0 Å². The fourth-order valence-corrected chi connectivity index (χ4v) is 5.02. The lowest BCUT2D eigenvalue weighted by atomic mass is 9.84. The Kier molecular flexibility index (Phi) is 9.26. The van der Waals surface area contributed by atoms with Crippen molar-refractivity contribution in [3.8, 4) is 5.75 Å². The molecule has 3 heteroatoms. The second-order valence-corrected chi connectivity index (χ2v) is 11.0. The smallest absolute Gasteiger partial charge is 0.333 e. The van der Waals surface area contributed by atoms with Crippen molar-refractivity contribution in [2.75, 3.05) is 6.61 Å². The Balaban J connectivity index is 1.70. The molecule has 0 saturated heterocycles. The predicted molar refractivity (Wildman–Crippen MR) is 164 cm³/mol. The van der Waals surface area contributed by atoms with Crippen molar-refractivity contribution in [1.82, 2.24) is 0 Å². The van der Waals surface area contributed by atoms with Gasteiger partial charge in [0, 0.05) is 28.9 Å². The molecule has 0 aliphatic heterocycles. The van der Waals surface area contributed by atoms with Gasteiger partial charge in [-0.15, -0.1) is 0 Å². The van der Waals surface area contributed by atoms with Crippen LogP contribution in [0.5, 0.6) is 5.75 Å². The molecule has 0 saturated carbocycles. The fraction of sp³-hybridized carbons (Fsp3) is 0.270. The van der Waals surface area contributed by atoms with Crippen LogP contribution in [0.3, 0.4) is 0 Å². The van der Waals surface area contributed by atoms with Crippen molar-refractivity contribution in [2.24, 2.45) is 0 Å². The van der Waals surface area contributed by atoms with E-state index in [4.69, 9.17) is 9.47 Å². The summed E-state index contributed by atoms with van der Waals surface area (Å²) < 4.78 is 12.7. The van der Waals surface area contributed by atoms with Crippen molar-refractivity contribution in [1.29, 1.82) is 0 Å². The van der Waals surface area contributed by atoms with Gasteiger partial charge in [-0.1, -0.05) is 130 Å². The summed E-state index contributed by atoms with van der Waals surface area (Å²) in [6, 6.07) is 37.6. The van der Waals surface area contributed by atoms with Crippen molar-refractivity contribution in [3.63, 3.8) is 0 Å². The number of carbonyl (C=O) groups excluding carboxylic acids is 1. The second kappa shape index (κ2) is 12.8. The van der Waals surface area contributed by atoms with Gasteiger partial charge in [-0.2, -0.15) is 0 Å². The summed E-state index contributed by atoms with van der Waals surface area (Å²) in [4.78, 5) is 12.7. The highest BCUT2D eigenvalue weighted by molar-refractivity contribution is 5.87. The highest BCUT2D eigenvalue weighted by Crippen LogP contribution is 2.38. The van der Waals surface area contributed by atoms with Crippen molar-refractivity contribution < 1.29 is 14.3 Å². The molecule has 4 rings (SSSR count). The molecule has 0 aromatic heterocycles. The molecule has 4 unspecified atom stereocenters. The lowest BCUT2D eigenvalue weighted by Gasteiger charge is -2.36. The highest BCUT2D eigenvalue weighted by Gasteiger charge is 2.38. The number of esters is 1. The van der Waals surface area contributed by atoms with Crippen LogP contribution in [0.2, 0.25) is 0 Å². The molecule has 0 aliphatic rings. The first kappa shape index (κ1) is 28.9. The topological polar surface area (TPSA) is 35.5 Å². The first-order chi connectivity index (χ1) is 19.2. The molecule has 4 atom stereocenters. The Morgan fingerprint density at radius 3 is 1.75 bits per heavy atom. The molecule has 0 fully saturated rings. The van der Waals surface area contributed by atoms with Gasteiger partial charge in [0.25, 0.3) is 0 Å². The molecule has 4 aromatic carbocycles. The normalized spacial score (nSPS) is 14.8. The number of hydrogen-bond acceptors (Lipinski definition) is 3. The summed E-state index contributed by atoms with van der Waals surface area (Å²) in [6.07, 6.45) is 0. The van der Waals surface area contributed by atoms with Gasteiger partial charge in [-0.3, -0.25) is 0 Å². The maximum Gasteiger partial charge on any atom is 0.333 e. The van der Waals surface area contributed by atoms with Crippen molar-refractivity contribution >= 4 is 5.97 Å². The first-order valence-corrected chi connectivity index (χ1v) is 14.0. The minimum absolute atomic E-state index is 0.106. The van der Waals surface area contributed by atoms with E-state index >= 15 is 0 Å². The second-order valence-electron chi connectivity index (χ2n) is 11.0. The molecule has 206 valence electrons. The van der Waals surface area contributed by atoms with E-state index in [1.165, 1.54) is 16.7 Å². The summed E-state index contributed by atoms with van der Waals surface area (Å²) in [6.45, 7) is 14.1. The third-order valence-corrected chi connectivity index (χ3v) is 8.00. The van der Waals surface area contributed by atoms with Crippen LogP contribution in [0.15, 0.2) is 121 Å².